The van der Waals surface area contributed by atoms with E-state index >= 15 is 0 Å². The molecule has 3 amide bonds. The summed E-state index contributed by atoms with van der Waals surface area (Å²) in [6, 6.07) is 14.2. The molecule has 0 radical (unpaired) electrons. The maximum Gasteiger partial charge on any atom is 0.250 e. The number of halogens is 1. The van der Waals surface area contributed by atoms with Crippen molar-refractivity contribution < 1.29 is 24.2 Å². The van der Waals surface area contributed by atoms with Crippen molar-refractivity contribution in [1.82, 2.24) is 4.90 Å². The molecule has 5 rings (SSSR count). The number of nitrogens with zero attached hydrogens (tertiary/aromatic N) is 1. The van der Waals surface area contributed by atoms with E-state index in [0.717, 1.165) is 0 Å². The number of hydrogen-bond acceptors (Lipinski definition) is 5. The predicted octanol–water partition coefficient (Wildman–Crippen LogP) is 4.09. The van der Waals surface area contributed by atoms with Crippen molar-refractivity contribution >= 4 is 40.7 Å². The summed E-state index contributed by atoms with van der Waals surface area (Å²) in [5.41, 5.74) is -0.902. The number of nitrogens with one attached hydrogen (secondary N) is 2. The molecule has 202 valence electrons. The molecule has 8 nitrogen and oxygen atoms in total. The van der Waals surface area contributed by atoms with E-state index in [0.29, 0.717) is 35.7 Å². The normalized spacial score (nSPS) is 30.4. The summed E-state index contributed by atoms with van der Waals surface area (Å²) in [5.74, 6) is -2.48. The molecule has 2 unspecified atom stereocenters. The first-order valence-electron chi connectivity index (χ1n) is 13.1. The molecule has 3 aliphatic heterocycles. The van der Waals surface area contributed by atoms with Gasteiger partial charge in [0, 0.05) is 16.4 Å². The summed E-state index contributed by atoms with van der Waals surface area (Å²) in [6.07, 6.45) is 1.51. The summed E-state index contributed by atoms with van der Waals surface area (Å²) < 4.78 is 6.65. The van der Waals surface area contributed by atoms with E-state index in [9.17, 15) is 19.5 Å². The zero-order valence-electron chi connectivity index (χ0n) is 21.8. The summed E-state index contributed by atoms with van der Waals surface area (Å²) in [4.78, 5) is 43.4. The highest BCUT2D eigenvalue weighted by Gasteiger charge is 2.78. The quantitative estimate of drug-likeness (QED) is 0.468. The van der Waals surface area contributed by atoms with Gasteiger partial charge >= 0.3 is 0 Å². The van der Waals surface area contributed by atoms with Crippen LogP contribution in [-0.4, -0.2) is 57.6 Å². The zero-order chi connectivity index (χ0) is 27.2. The number of fused-ring (bicyclic) bond motifs is 1. The summed E-state index contributed by atoms with van der Waals surface area (Å²) in [5, 5.41) is 16.8. The van der Waals surface area contributed by atoms with Gasteiger partial charge in [0.25, 0.3) is 0 Å². The summed E-state index contributed by atoms with van der Waals surface area (Å²) >= 11 is 6.02. The lowest BCUT2D eigenvalue weighted by Gasteiger charge is -2.37. The molecular weight excluding hydrogens is 506 g/mol. The SMILES string of the molecule is CC(C)C[C@H](CO)N1C(=O)[C@@H]2[C@@H](C(=O)Nc3ccccc3)[C@@]3(C)CCC2(O3)C1C(=O)Nc1ccc(Cl)cc1. The highest BCUT2D eigenvalue weighted by atomic mass is 35.5. The van der Waals surface area contributed by atoms with Gasteiger partial charge in [-0.25, -0.2) is 0 Å². The Morgan fingerprint density at radius 2 is 1.68 bits per heavy atom. The van der Waals surface area contributed by atoms with Gasteiger partial charge in [0.2, 0.25) is 17.7 Å². The van der Waals surface area contributed by atoms with Crippen LogP contribution in [-0.2, 0) is 19.1 Å². The molecular formula is C29H34ClN3O5. The van der Waals surface area contributed by atoms with Gasteiger partial charge in [-0.3, -0.25) is 14.4 Å². The van der Waals surface area contributed by atoms with Crippen LogP contribution in [0.1, 0.15) is 40.0 Å². The van der Waals surface area contributed by atoms with Gasteiger partial charge in [-0.1, -0.05) is 43.6 Å². The third-order valence-corrected chi connectivity index (χ3v) is 8.50. The molecule has 0 aromatic heterocycles. The highest BCUT2D eigenvalue weighted by Crippen LogP contribution is 2.63. The number of hydrogen-bond donors (Lipinski definition) is 3. The first-order chi connectivity index (χ1) is 18.1. The summed E-state index contributed by atoms with van der Waals surface area (Å²) in [7, 11) is 0. The van der Waals surface area contributed by atoms with Crippen LogP contribution in [0.15, 0.2) is 54.6 Å². The number of anilines is 2. The second-order valence-corrected chi connectivity index (χ2v) is 11.7. The first kappa shape index (κ1) is 26.7. The molecule has 3 aliphatic rings. The predicted molar refractivity (Wildman–Crippen MR) is 145 cm³/mol. The van der Waals surface area contributed by atoms with E-state index in [2.05, 4.69) is 10.6 Å². The van der Waals surface area contributed by atoms with Crippen LogP contribution in [0.5, 0.6) is 0 Å². The topological polar surface area (TPSA) is 108 Å². The van der Waals surface area contributed by atoms with Crippen molar-refractivity contribution in [3.63, 3.8) is 0 Å². The lowest BCUT2D eigenvalue weighted by molar-refractivity contribution is -0.147. The number of para-hydroxylation sites is 1. The average molecular weight is 540 g/mol. The third-order valence-electron chi connectivity index (χ3n) is 8.25. The smallest absolute Gasteiger partial charge is 0.250 e. The van der Waals surface area contributed by atoms with Crippen LogP contribution in [0.25, 0.3) is 0 Å². The number of carbonyl (C=O) groups is 3. The van der Waals surface area contributed by atoms with Gasteiger partial charge in [-0.15, -0.1) is 0 Å². The second-order valence-electron chi connectivity index (χ2n) is 11.3. The van der Waals surface area contributed by atoms with Crippen LogP contribution in [0.2, 0.25) is 5.02 Å². The molecule has 3 N–H and O–H groups in total. The first-order valence-corrected chi connectivity index (χ1v) is 13.5. The molecule has 0 saturated carbocycles. The van der Waals surface area contributed by atoms with Crippen molar-refractivity contribution in [2.24, 2.45) is 17.8 Å². The molecule has 3 fully saturated rings. The van der Waals surface area contributed by atoms with Gasteiger partial charge in [0.05, 0.1) is 30.1 Å². The summed E-state index contributed by atoms with van der Waals surface area (Å²) in [6.45, 7) is 5.57. The molecule has 2 aromatic rings. The molecule has 6 atom stereocenters. The monoisotopic (exact) mass is 539 g/mol. The van der Waals surface area contributed by atoms with Gasteiger partial charge in [-0.05, 0) is 68.5 Å². The molecule has 3 heterocycles. The fraction of sp³-hybridized carbons (Fsp3) is 0.483. The number of benzene rings is 2. The number of amides is 3. The molecule has 38 heavy (non-hydrogen) atoms. The van der Waals surface area contributed by atoms with Crippen molar-refractivity contribution in [2.45, 2.75) is 63.3 Å². The average Bonchev–Trinajstić information content (AvgIpc) is 3.45. The molecule has 3 saturated heterocycles. The van der Waals surface area contributed by atoms with E-state index < -0.39 is 41.0 Å². The lowest BCUT2D eigenvalue weighted by Crippen LogP contribution is -2.56. The van der Waals surface area contributed by atoms with Gasteiger partial charge < -0.3 is 25.4 Å². The Balaban J connectivity index is 1.54. The van der Waals surface area contributed by atoms with Crippen LogP contribution in [0.3, 0.4) is 0 Å². The number of aliphatic hydroxyl groups is 1. The van der Waals surface area contributed by atoms with Crippen LogP contribution in [0.4, 0.5) is 11.4 Å². The fourth-order valence-corrected chi connectivity index (χ4v) is 6.89. The highest BCUT2D eigenvalue weighted by molar-refractivity contribution is 6.30. The number of carbonyl (C=O) groups excluding carboxylic acids is 3. The van der Waals surface area contributed by atoms with Gasteiger partial charge in [0.1, 0.15) is 11.6 Å². The minimum Gasteiger partial charge on any atom is -0.394 e. The molecule has 0 aliphatic carbocycles. The van der Waals surface area contributed by atoms with Crippen LogP contribution < -0.4 is 10.6 Å². The standard InChI is InChI=1S/C29H34ClN3O5/c1-17(2)15-21(16-34)33-24(26(36)32-20-11-9-18(30)10-12-20)29-14-13-28(3,38-29)22(23(29)27(33)37)25(35)31-19-7-5-4-6-8-19/h4-12,17,21-24,34H,13-16H2,1-3H3,(H,31,35)(H,32,36)/t21-,22+,23+,24?,28-,29?/m1/s1. The Bertz CT molecular complexity index is 1220. The lowest BCUT2D eigenvalue weighted by atomic mass is 9.66. The van der Waals surface area contributed by atoms with Crippen molar-refractivity contribution in [3.8, 4) is 0 Å². The second kappa shape index (κ2) is 9.98. The maximum absolute atomic E-state index is 14.2. The van der Waals surface area contributed by atoms with Crippen molar-refractivity contribution in [1.29, 1.82) is 0 Å². The van der Waals surface area contributed by atoms with E-state index in [-0.39, 0.29) is 24.3 Å². The molecule has 9 heteroatoms. The third kappa shape index (κ3) is 4.38. The number of rotatable bonds is 8. The van der Waals surface area contributed by atoms with E-state index in [4.69, 9.17) is 16.3 Å². The minimum absolute atomic E-state index is 0.171. The fourth-order valence-electron chi connectivity index (χ4n) is 6.76. The van der Waals surface area contributed by atoms with Crippen LogP contribution in [0, 0.1) is 17.8 Å². The van der Waals surface area contributed by atoms with Gasteiger partial charge in [-0.2, -0.15) is 0 Å². The maximum atomic E-state index is 14.2. The Morgan fingerprint density at radius 3 is 2.32 bits per heavy atom. The van der Waals surface area contributed by atoms with Crippen molar-refractivity contribution in [2.75, 3.05) is 17.2 Å². The Labute approximate surface area is 227 Å². The number of aliphatic hydroxyl groups excluding tert-OH is 1. The molecule has 2 bridgehead atoms. The van der Waals surface area contributed by atoms with Crippen molar-refractivity contribution in [3.05, 3.63) is 59.6 Å². The Hall–Kier alpha value is -2.94. The molecule has 1 spiro atoms. The molecule has 2 aromatic carbocycles. The largest absolute Gasteiger partial charge is 0.394 e. The minimum atomic E-state index is -1.18. The van der Waals surface area contributed by atoms with Gasteiger partial charge in [0.15, 0.2) is 0 Å². The van der Waals surface area contributed by atoms with E-state index in [1.807, 2.05) is 39.0 Å². The zero-order valence-corrected chi connectivity index (χ0v) is 22.6. The number of ether oxygens (including phenoxy) is 1. The van der Waals surface area contributed by atoms with E-state index in [1.165, 1.54) is 4.90 Å². The van der Waals surface area contributed by atoms with E-state index in [1.54, 1.807) is 36.4 Å². The van der Waals surface area contributed by atoms with Crippen LogP contribution >= 0.6 is 11.6 Å². The Kier molecular flexibility index (Phi) is 7.00. The Morgan fingerprint density at radius 1 is 1.05 bits per heavy atom. The number of likely N-dealkylation sites (tertiary alicyclic amines) is 1.